The van der Waals surface area contributed by atoms with Gasteiger partial charge in [0.1, 0.15) is 5.75 Å². The van der Waals surface area contributed by atoms with Crippen LogP contribution in [0, 0.1) is 0 Å². The average molecular weight is 372 g/mol. The highest BCUT2D eigenvalue weighted by atomic mass is 16.5. The number of para-hydroxylation sites is 2. The van der Waals surface area contributed by atoms with Gasteiger partial charge in [0, 0.05) is 23.5 Å². The maximum atomic E-state index is 9.88. The lowest BCUT2D eigenvalue weighted by Gasteiger charge is -2.07. The molecule has 0 fully saturated rings. The molecule has 2 aromatic carbocycles. The summed E-state index contributed by atoms with van der Waals surface area (Å²) in [5.41, 5.74) is 2.97. The number of hydrogen-bond donors (Lipinski definition) is 2. The topological polar surface area (TPSA) is 75.5 Å². The molecule has 5 heteroatoms. The fourth-order valence-electron chi connectivity index (χ4n) is 2.63. The van der Waals surface area contributed by atoms with Gasteiger partial charge in [-0.05, 0) is 48.5 Å². The fraction of sp³-hybridized carbons (Fsp3) is 0.0435. The Balaban J connectivity index is 0.000000162. The summed E-state index contributed by atoms with van der Waals surface area (Å²) in [6.45, 7) is 0. The number of ether oxygens (including phenoxy) is 1. The fourth-order valence-corrected chi connectivity index (χ4v) is 2.63. The molecule has 0 radical (unpaired) electrons. The molecule has 4 aromatic rings. The molecule has 140 valence electrons. The van der Waals surface area contributed by atoms with Crippen LogP contribution in [0.25, 0.3) is 22.5 Å². The molecule has 5 nitrogen and oxygen atoms in total. The third-order valence-corrected chi connectivity index (χ3v) is 4.00. The van der Waals surface area contributed by atoms with E-state index in [1.165, 1.54) is 7.11 Å². The molecule has 4 rings (SSSR count). The first kappa shape index (κ1) is 18.9. The van der Waals surface area contributed by atoms with E-state index in [0.29, 0.717) is 11.3 Å². The second-order valence-electron chi connectivity index (χ2n) is 5.80. The van der Waals surface area contributed by atoms with E-state index in [9.17, 15) is 10.2 Å². The normalized spacial score (nSPS) is 9.89. The van der Waals surface area contributed by atoms with Gasteiger partial charge >= 0.3 is 0 Å². The molecular weight excluding hydrogens is 352 g/mol. The van der Waals surface area contributed by atoms with E-state index in [0.717, 1.165) is 17.0 Å². The summed E-state index contributed by atoms with van der Waals surface area (Å²) in [7, 11) is 1.53. The van der Waals surface area contributed by atoms with E-state index in [2.05, 4.69) is 9.97 Å². The van der Waals surface area contributed by atoms with E-state index in [4.69, 9.17) is 4.74 Å². The number of phenolic OH excluding ortho intramolecular Hbond substituents is 2. The van der Waals surface area contributed by atoms with Gasteiger partial charge in [0.2, 0.25) is 0 Å². The Labute approximate surface area is 163 Å². The van der Waals surface area contributed by atoms with Gasteiger partial charge in [-0.25, -0.2) is 0 Å². The minimum atomic E-state index is 0.124. The van der Waals surface area contributed by atoms with Crippen molar-refractivity contribution < 1.29 is 14.9 Å². The molecule has 0 saturated carbocycles. The van der Waals surface area contributed by atoms with Crippen LogP contribution < -0.4 is 4.74 Å². The second kappa shape index (κ2) is 9.19. The third-order valence-electron chi connectivity index (χ3n) is 4.00. The van der Waals surface area contributed by atoms with Crippen LogP contribution in [0.1, 0.15) is 0 Å². The number of nitrogens with zero attached hydrogens (tertiary/aromatic N) is 2. The molecule has 2 heterocycles. The van der Waals surface area contributed by atoms with Crippen molar-refractivity contribution >= 4 is 0 Å². The number of aromatic hydroxyl groups is 2. The van der Waals surface area contributed by atoms with E-state index < -0.39 is 0 Å². The van der Waals surface area contributed by atoms with Crippen molar-refractivity contribution in [2.24, 2.45) is 0 Å². The summed E-state index contributed by atoms with van der Waals surface area (Å²) in [6.07, 6.45) is 3.40. The molecule has 2 N–H and O–H groups in total. The molecule has 0 spiro atoms. The number of pyridine rings is 2. The van der Waals surface area contributed by atoms with Crippen molar-refractivity contribution in [3.63, 3.8) is 0 Å². The number of benzene rings is 2. The Morgan fingerprint density at radius 1 is 0.643 bits per heavy atom. The van der Waals surface area contributed by atoms with Crippen molar-refractivity contribution in [1.82, 2.24) is 9.97 Å². The standard InChI is InChI=1S/C12H11NO2.C11H9NO/c1-15-11-7-4-5-9(12(11)14)10-6-2-3-8-13-10;13-11-7-2-1-5-9(11)10-6-3-4-8-12-10/h2-8,14H,1H3;1-8,13H. The maximum Gasteiger partial charge on any atom is 0.167 e. The number of methoxy groups -OCH3 is 1. The summed E-state index contributed by atoms with van der Waals surface area (Å²) < 4.78 is 5.03. The predicted molar refractivity (Wildman–Crippen MR) is 109 cm³/mol. The molecule has 28 heavy (non-hydrogen) atoms. The zero-order chi connectivity index (χ0) is 19.8. The largest absolute Gasteiger partial charge is 0.507 e. The van der Waals surface area contributed by atoms with Crippen molar-refractivity contribution in [2.45, 2.75) is 0 Å². The van der Waals surface area contributed by atoms with Gasteiger partial charge < -0.3 is 14.9 Å². The Morgan fingerprint density at radius 2 is 1.21 bits per heavy atom. The highest BCUT2D eigenvalue weighted by molar-refractivity contribution is 5.70. The molecular formula is C23H20N2O3. The van der Waals surface area contributed by atoms with Crippen LogP contribution in [0.2, 0.25) is 0 Å². The van der Waals surface area contributed by atoms with Crippen LogP contribution in [-0.2, 0) is 0 Å². The molecule has 0 bridgehead atoms. The van der Waals surface area contributed by atoms with Crippen LogP contribution >= 0.6 is 0 Å². The van der Waals surface area contributed by atoms with Crippen molar-refractivity contribution in [1.29, 1.82) is 0 Å². The highest BCUT2D eigenvalue weighted by Gasteiger charge is 2.09. The molecule has 0 atom stereocenters. The molecule has 0 unspecified atom stereocenters. The first-order chi connectivity index (χ1) is 13.7. The van der Waals surface area contributed by atoms with Crippen LogP contribution in [0.4, 0.5) is 0 Å². The molecule has 0 aliphatic heterocycles. The van der Waals surface area contributed by atoms with Crippen molar-refractivity contribution in [3.05, 3.63) is 91.3 Å². The number of rotatable bonds is 3. The Bertz CT molecular complexity index is 1020. The minimum absolute atomic E-state index is 0.124. The van der Waals surface area contributed by atoms with Crippen LogP contribution in [-0.4, -0.2) is 27.3 Å². The maximum absolute atomic E-state index is 9.88. The zero-order valence-electron chi connectivity index (χ0n) is 15.4. The summed E-state index contributed by atoms with van der Waals surface area (Å²) >= 11 is 0. The lowest BCUT2D eigenvalue weighted by molar-refractivity contribution is 0.374. The third kappa shape index (κ3) is 4.45. The van der Waals surface area contributed by atoms with Gasteiger partial charge in [0.25, 0.3) is 0 Å². The average Bonchev–Trinajstić information content (AvgIpc) is 2.76. The molecule has 2 aromatic heterocycles. The van der Waals surface area contributed by atoms with Crippen LogP contribution in [0.5, 0.6) is 17.2 Å². The van der Waals surface area contributed by atoms with E-state index in [1.807, 2.05) is 54.6 Å². The number of phenols is 2. The van der Waals surface area contributed by atoms with Crippen molar-refractivity contribution in [2.75, 3.05) is 7.11 Å². The highest BCUT2D eigenvalue weighted by Crippen LogP contribution is 2.35. The number of hydrogen-bond acceptors (Lipinski definition) is 5. The Morgan fingerprint density at radius 3 is 1.79 bits per heavy atom. The quantitative estimate of drug-likeness (QED) is 0.534. The number of aromatic nitrogens is 2. The molecule has 0 amide bonds. The Kier molecular flexibility index (Phi) is 6.21. The molecule has 0 saturated heterocycles. The van der Waals surface area contributed by atoms with Crippen LogP contribution in [0.3, 0.4) is 0 Å². The summed E-state index contributed by atoms with van der Waals surface area (Å²) in [6, 6.07) is 23.7. The van der Waals surface area contributed by atoms with Crippen molar-refractivity contribution in [3.8, 4) is 39.8 Å². The lowest BCUT2D eigenvalue weighted by Crippen LogP contribution is -1.87. The van der Waals surface area contributed by atoms with Gasteiger partial charge in [-0.1, -0.05) is 30.3 Å². The van der Waals surface area contributed by atoms with Gasteiger partial charge in [0.05, 0.1) is 18.5 Å². The summed E-state index contributed by atoms with van der Waals surface area (Å²) in [5, 5.41) is 19.4. The first-order valence-corrected chi connectivity index (χ1v) is 8.67. The first-order valence-electron chi connectivity index (χ1n) is 8.67. The SMILES string of the molecule is COc1cccc(-c2ccccn2)c1O.Oc1ccccc1-c1ccccn1. The van der Waals surface area contributed by atoms with Gasteiger partial charge in [-0.3, -0.25) is 9.97 Å². The Hall–Kier alpha value is -3.86. The smallest absolute Gasteiger partial charge is 0.167 e. The van der Waals surface area contributed by atoms with E-state index >= 15 is 0 Å². The van der Waals surface area contributed by atoms with Crippen LogP contribution in [0.15, 0.2) is 91.3 Å². The summed E-state index contributed by atoms with van der Waals surface area (Å²) in [5.74, 6) is 0.845. The van der Waals surface area contributed by atoms with Gasteiger partial charge in [0.15, 0.2) is 11.5 Å². The van der Waals surface area contributed by atoms with E-state index in [1.54, 1.807) is 36.7 Å². The predicted octanol–water partition coefficient (Wildman–Crippen LogP) is 4.92. The lowest BCUT2D eigenvalue weighted by atomic mass is 10.1. The molecule has 0 aliphatic carbocycles. The minimum Gasteiger partial charge on any atom is -0.507 e. The summed E-state index contributed by atoms with van der Waals surface area (Å²) in [4.78, 5) is 8.32. The van der Waals surface area contributed by atoms with Gasteiger partial charge in [-0.2, -0.15) is 0 Å². The monoisotopic (exact) mass is 372 g/mol. The van der Waals surface area contributed by atoms with Gasteiger partial charge in [-0.15, -0.1) is 0 Å². The molecule has 0 aliphatic rings. The zero-order valence-corrected chi connectivity index (χ0v) is 15.4. The van der Waals surface area contributed by atoms with E-state index in [-0.39, 0.29) is 11.5 Å². The second-order valence-corrected chi connectivity index (χ2v) is 5.80.